The molecule has 112 valence electrons. The first-order chi connectivity index (χ1) is 9.51. The zero-order valence-corrected chi connectivity index (χ0v) is 14.0. The molecular formula is C17H24Cl2O. The Morgan fingerprint density at radius 3 is 2.70 bits per heavy atom. The molecular weight excluding hydrogens is 291 g/mol. The van der Waals surface area contributed by atoms with Gasteiger partial charge in [0.2, 0.25) is 0 Å². The van der Waals surface area contributed by atoms with Crippen LogP contribution in [0.4, 0.5) is 0 Å². The Morgan fingerprint density at radius 2 is 2.05 bits per heavy atom. The van der Waals surface area contributed by atoms with Crippen LogP contribution in [0.3, 0.4) is 0 Å². The summed E-state index contributed by atoms with van der Waals surface area (Å²) in [6, 6.07) is 5.84. The molecule has 1 aliphatic carbocycles. The highest BCUT2D eigenvalue weighted by Crippen LogP contribution is 2.39. The van der Waals surface area contributed by atoms with Crippen LogP contribution in [0.2, 0.25) is 5.02 Å². The quantitative estimate of drug-likeness (QED) is 0.660. The number of benzene rings is 1. The highest BCUT2D eigenvalue weighted by Gasteiger charge is 2.31. The van der Waals surface area contributed by atoms with Crippen LogP contribution in [-0.4, -0.2) is 12.5 Å². The molecule has 3 heteroatoms. The molecule has 0 spiro atoms. The monoisotopic (exact) mass is 314 g/mol. The van der Waals surface area contributed by atoms with Crippen LogP contribution in [0.25, 0.3) is 0 Å². The van der Waals surface area contributed by atoms with E-state index < -0.39 is 0 Å². The molecule has 0 amide bonds. The predicted octanol–water partition coefficient (Wildman–Crippen LogP) is 5.57. The third kappa shape index (κ3) is 3.83. The van der Waals surface area contributed by atoms with Gasteiger partial charge in [-0.3, -0.25) is 0 Å². The van der Waals surface area contributed by atoms with E-state index in [1.54, 1.807) is 7.11 Å². The molecule has 1 fully saturated rings. The molecule has 0 heterocycles. The van der Waals surface area contributed by atoms with E-state index in [-0.39, 0.29) is 5.38 Å². The summed E-state index contributed by atoms with van der Waals surface area (Å²) in [6.07, 6.45) is 4.55. The summed E-state index contributed by atoms with van der Waals surface area (Å²) >= 11 is 12.7. The third-order valence-electron chi connectivity index (χ3n) is 4.60. The van der Waals surface area contributed by atoms with Crippen LogP contribution in [0.15, 0.2) is 18.2 Å². The van der Waals surface area contributed by atoms with Crippen LogP contribution in [0.5, 0.6) is 5.75 Å². The number of hydrogen-bond donors (Lipinski definition) is 0. The maximum absolute atomic E-state index is 6.56. The van der Waals surface area contributed by atoms with Crippen molar-refractivity contribution in [1.82, 2.24) is 0 Å². The third-order valence-corrected chi connectivity index (χ3v) is 5.41. The largest absolute Gasteiger partial charge is 0.496 e. The lowest BCUT2D eigenvalue weighted by atomic mass is 9.74. The molecule has 0 radical (unpaired) electrons. The van der Waals surface area contributed by atoms with E-state index in [0.717, 1.165) is 35.4 Å². The molecule has 0 aliphatic heterocycles. The van der Waals surface area contributed by atoms with Gasteiger partial charge in [0.05, 0.1) is 7.11 Å². The summed E-state index contributed by atoms with van der Waals surface area (Å²) in [4.78, 5) is 0. The van der Waals surface area contributed by atoms with Crippen LogP contribution in [0, 0.1) is 17.8 Å². The Morgan fingerprint density at radius 1 is 1.30 bits per heavy atom. The zero-order chi connectivity index (χ0) is 14.7. The van der Waals surface area contributed by atoms with E-state index in [4.69, 9.17) is 27.9 Å². The topological polar surface area (TPSA) is 9.23 Å². The average Bonchev–Trinajstić information content (AvgIpc) is 2.41. The second kappa shape index (κ2) is 7.04. The molecule has 1 saturated carbocycles. The first-order valence-electron chi connectivity index (χ1n) is 7.47. The Labute approximate surface area is 132 Å². The van der Waals surface area contributed by atoms with Crippen LogP contribution in [0.1, 0.15) is 38.7 Å². The van der Waals surface area contributed by atoms with E-state index >= 15 is 0 Å². The second-order valence-electron chi connectivity index (χ2n) is 6.25. The fourth-order valence-corrected chi connectivity index (χ4v) is 3.78. The highest BCUT2D eigenvalue weighted by molar-refractivity contribution is 6.30. The van der Waals surface area contributed by atoms with Crippen LogP contribution >= 0.6 is 23.2 Å². The molecule has 3 atom stereocenters. The van der Waals surface area contributed by atoms with Crippen molar-refractivity contribution in [2.75, 3.05) is 7.11 Å². The molecule has 1 aromatic rings. The Balaban J connectivity index is 2.13. The van der Waals surface area contributed by atoms with Gasteiger partial charge in [0, 0.05) is 10.4 Å². The first kappa shape index (κ1) is 16.0. The summed E-state index contributed by atoms with van der Waals surface area (Å²) < 4.78 is 5.45. The van der Waals surface area contributed by atoms with E-state index in [2.05, 4.69) is 13.8 Å². The second-order valence-corrected chi connectivity index (χ2v) is 7.25. The van der Waals surface area contributed by atoms with Gasteiger partial charge in [0.15, 0.2) is 0 Å². The van der Waals surface area contributed by atoms with E-state index in [0.29, 0.717) is 5.92 Å². The highest BCUT2D eigenvalue weighted by atomic mass is 35.5. The lowest BCUT2D eigenvalue weighted by Crippen LogP contribution is -2.29. The van der Waals surface area contributed by atoms with Crippen molar-refractivity contribution in [2.24, 2.45) is 17.8 Å². The van der Waals surface area contributed by atoms with Crippen molar-refractivity contribution >= 4 is 23.2 Å². The van der Waals surface area contributed by atoms with E-state index in [9.17, 15) is 0 Å². The smallest absolute Gasteiger partial charge is 0.122 e. The number of alkyl halides is 1. The van der Waals surface area contributed by atoms with Gasteiger partial charge in [-0.1, -0.05) is 25.4 Å². The van der Waals surface area contributed by atoms with Gasteiger partial charge < -0.3 is 4.74 Å². The summed E-state index contributed by atoms with van der Waals surface area (Å²) in [5.41, 5.74) is 1.18. The number of halogens is 2. The molecule has 1 nitrogen and oxygen atoms in total. The summed E-state index contributed by atoms with van der Waals surface area (Å²) in [5, 5.41) is 1.04. The predicted molar refractivity (Wildman–Crippen MR) is 87.0 cm³/mol. The number of ether oxygens (including phenoxy) is 1. The Hall–Kier alpha value is -0.400. The minimum absolute atomic E-state index is 0.272. The summed E-state index contributed by atoms with van der Waals surface area (Å²) in [7, 11) is 1.71. The molecule has 2 rings (SSSR count). The maximum Gasteiger partial charge on any atom is 0.122 e. The van der Waals surface area contributed by atoms with Crippen LogP contribution < -0.4 is 4.74 Å². The van der Waals surface area contributed by atoms with E-state index in [1.165, 1.54) is 18.4 Å². The van der Waals surface area contributed by atoms with Gasteiger partial charge in [0.25, 0.3) is 0 Å². The molecule has 0 saturated heterocycles. The molecule has 20 heavy (non-hydrogen) atoms. The molecule has 0 N–H and O–H groups in total. The molecule has 3 unspecified atom stereocenters. The zero-order valence-electron chi connectivity index (χ0n) is 12.5. The standard InChI is InChI=1S/C17H24Cl2O/c1-11(2)12-4-6-16(19)13(8-12)9-14-10-15(18)5-7-17(14)20-3/h5,7,10-13,16H,4,6,8-9H2,1-3H3. The van der Waals surface area contributed by atoms with Crippen molar-refractivity contribution in [2.45, 2.75) is 44.9 Å². The van der Waals surface area contributed by atoms with Gasteiger partial charge in [-0.25, -0.2) is 0 Å². The fourth-order valence-electron chi connectivity index (χ4n) is 3.27. The van der Waals surface area contributed by atoms with Crippen molar-refractivity contribution in [3.05, 3.63) is 28.8 Å². The minimum atomic E-state index is 0.272. The lowest BCUT2D eigenvalue weighted by molar-refractivity contribution is 0.217. The van der Waals surface area contributed by atoms with Gasteiger partial charge >= 0.3 is 0 Å². The number of methoxy groups -OCH3 is 1. The average molecular weight is 315 g/mol. The van der Waals surface area contributed by atoms with Crippen molar-refractivity contribution in [1.29, 1.82) is 0 Å². The van der Waals surface area contributed by atoms with E-state index in [1.807, 2.05) is 18.2 Å². The van der Waals surface area contributed by atoms with Crippen molar-refractivity contribution in [3.8, 4) is 5.75 Å². The molecule has 1 aliphatic rings. The number of hydrogen-bond acceptors (Lipinski definition) is 1. The van der Waals surface area contributed by atoms with Gasteiger partial charge in [0.1, 0.15) is 5.75 Å². The van der Waals surface area contributed by atoms with Crippen molar-refractivity contribution in [3.63, 3.8) is 0 Å². The van der Waals surface area contributed by atoms with Gasteiger partial charge in [-0.15, -0.1) is 11.6 Å². The summed E-state index contributed by atoms with van der Waals surface area (Å²) in [5.74, 6) is 2.97. The van der Waals surface area contributed by atoms with Gasteiger partial charge in [-0.05, 0) is 67.2 Å². The minimum Gasteiger partial charge on any atom is -0.496 e. The number of rotatable bonds is 4. The summed E-state index contributed by atoms with van der Waals surface area (Å²) in [6.45, 7) is 4.63. The molecule has 1 aromatic carbocycles. The lowest BCUT2D eigenvalue weighted by Gasteiger charge is -2.35. The Kier molecular flexibility index (Phi) is 5.63. The maximum atomic E-state index is 6.56. The SMILES string of the molecule is COc1ccc(Cl)cc1CC1CC(C(C)C)CCC1Cl. The molecule has 0 aromatic heterocycles. The van der Waals surface area contributed by atoms with Crippen LogP contribution in [-0.2, 0) is 6.42 Å². The normalized spacial score (nSPS) is 26.8. The van der Waals surface area contributed by atoms with Crippen molar-refractivity contribution < 1.29 is 4.74 Å². The first-order valence-corrected chi connectivity index (χ1v) is 8.29. The fraction of sp³-hybridized carbons (Fsp3) is 0.647. The Bertz CT molecular complexity index is 445. The molecule has 0 bridgehead atoms. The van der Waals surface area contributed by atoms with Gasteiger partial charge in [-0.2, -0.15) is 0 Å².